The first kappa shape index (κ1) is 26.8. The van der Waals surface area contributed by atoms with Crippen molar-refractivity contribution in [2.75, 3.05) is 6.26 Å². The van der Waals surface area contributed by atoms with Crippen LogP contribution in [-0.2, 0) is 14.7 Å². The van der Waals surface area contributed by atoms with Gasteiger partial charge in [0.2, 0.25) is 17.5 Å². The molecule has 0 N–H and O–H groups in total. The maximum absolute atomic E-state index is 14.2. The van der Waals surface area contributed by atoms with Crippen molar-refractivity contribution in [1.29, 1.82) is 0 Å². The number of hydrogen-bond acceptors (Lipinski definition) is 8. The van der Waals surface area contributed by atoms with Gasteiger partial charge in [0.1, 0.15) is 16.5 Å². The Bertz CT molecular complexity index is 1430. The second-order valence-corrected chi connectivity index (χ2v) is 10.9. The van der Waals surface area contributed by atoms with E-state index in [2.05, 4.69) is 27.6 Å². The maximum Gasteiger partial charge on any atom is 0.229 e. The number of hydrogen-bond donors (Lipinski definition) is 0. The van der Waals surface area contributed by atoms with Crippen LogP contribution in [-0.4, -0.2) is 36.1 Å². The molecule has 3 aromatic rings. The predicted molar refractivity (Wildman–Crippen MR) is 134 cm³/mol. The van der Waals surface area contributed by atoms with Crippen LogP contribution in [0.1, 0.15) is 52.0 Å². The molecule has 0 amide bonds. The standard InChI is InChI=1S/C26H28FN3O5S/c1-8-23(34-29-17(4)19-11-14-22(21(27)15-19)36(7,31)32)26(5,6)33-20-12-9-18(10-13-20)24-28-25(16(2)3)35-30-24/h9-16H,1H2,2-7H3/b29-17+. The molecule has 1 heterocycles. The molecule has 0 aliphatic heterocycles. The van der Waals surface area contributed by atoms with Crippen LogP contribution >= 0.6 is 0 Å². The van der Waals surface area contributed by atoms with Crippen molar-refractivity contribution in [2.24, 2.45) is 5.16 Å². The minimum Gasteiger partial charge on any atom is -0.479 e. The average molecular weight is 514 g/mol. The lowest BCUT2D eigenvalue weighted by Gasteiger charge is -2.26. The Morgan fingerprint density at radius 1 is 1.19 bits per heavy atom. The number of oxime groups is 1. The fourth-order valence-corrected chi connectivity index (χ4v) is 3.88. The highest BCUT2D eigenvalue weighted by Crippen LogP contribution is 2.28. The maximum atomic E-state index is 14.2. The van der Waals surface area contributed by atoms with Crippen molar-refractivity contribution < 1.29 is 26.9 Å². The summed E-state index contributed by atoms with van der Waals surface area (Å²) in [5, 5.41) is 8.03. The molecule has 0 unspecified atom stereocenters. The number of sulfone groups is 1. The van der Waals surface area contributed by atoms with Gasteiger partial charge in [0, 0.05) is 23.3 Å². The van der Waals surface area contributed by atoms with Crippen molar-refractivity contribution in [2.45, 2.75) is 51.0 Å². The highest BCUT2D eigenvalue weighted by molar-refractivity contribution is 7.90. The molecule has 8 nitrogen and oxygen atoms in total. The number of rotatable bonds is 9. The number of benzene rings is 2. The molecule has 0 spiro atoms. The molecule has 0 aliphatic rings. The molecule has 0 radical (unpaired) electrons. The molecule has 0 saturated carbocycles. The topological polar surface area (TPSA) is 104 Å². The Kier molecular flexibility index (Phi) is 7.81. The van der Waals surface area contributed by atoms with E-state index in [9.17, 15) is 12.8 Å². The van der Waals surface area contributed by atoms with Gasteiger partial charge in [-0.25, -0.2) is 12.8 Å². The van der Waals surface area contributed by atoms with Gasteiger partial charge in [-0.3, -0.25) is 0 Å². The van der Waals surface area contributed by atoms with E-state index in [0.717, 1.165) is 17.9 Å². The van der Waals surface area contributed by atoms with Crippen LogP contribution < -0.4 is 4.74 Å². The summed E-state index contributed by atoms with van der Waals surface area (Å²) in [7, 11) is -3.67. The Labute approximate surface area is 210 Å². The molecule has 0 saturated heterocycles. The van der Waals surface area contributed by atoms with Gasteiger partial charge < -0.3 is 14.1 Å². The average Bonchev–Trinajstić information content (AvgIpc) is 3.29. The summed E-state index contributed by atoms with van der Waals surface area (Å²) in [6.45, 7) is 12.7. The molecule has 36 heavy (non-hydrogen) atoms. The van der Waals surface area contributed by atoms with Gasteiger partial charge in [0.05, 0.1) is 5.71 Å². The summed E-state index contributed by atoms with van der Waals surface area (Å²) in [4.78, 5) is 9.54. The number of ether oxygens (including phenoxy) is 1. The van der Waals surface area contributed by atoms with Crippen LogP contribution in [0.4, 0.5) is 4.39 Å². The van der Waals surface area contributed by atoms with Crippen molar-refractivity contribution in [1.82, 2.24) is 10.1 Å². The summed E-state index contributed by atoms with van der Waals surface area (Å²) in [5.74, 6) is 1.07. The number of halogens is 1. The molecular formula is C26H28FN3O5S. The SMILES string of the molecule is C=C=C(O/N=C(\C)c1ccc(S(C)(=O)=O)c(F)c1)C(C)(C)Oc1ccc(-c2noc(C(C)C)n2)cc1. The van der Waals surface area contributed by atoms with Crippen molar-refractivity contribution in [3.8, 4) is 17.1 Å². The minimum absolute atomic E-state index is 0.135. The second kappa shape index (κ2) is 10.5. The van der Waals surface area contributed by atoms with Crippen LogP contribution in [0.5, 0.6) is 5.75 Å². The van der Waals surface area contributed by atoms with Gasteiger partial charge >= 0.3 is 0 Å². The summed E-state index contributed by atoms with van der Waals surface area (Å²) in [6, 6.07) is 10.9. The van der Waals surface area contributed by atoms with Crippen LogP contribution in [0, 0.1) is 5.82 Å². The van der Waals surface area contributed by atoms with Gasteiger partial charge in [0.15, 0.2) is 15.4 Å². The van der Waals surface area contributed by atoms with Crippen molar-refractivity contribution in [3.05, 3.63) is 77.8 Å². The Hall–Kier alpha value is -3.75. The number of nitrogens with zero attached hydrogens (tertiary/aromatic N) is 3. The third-order valence-corrected chi connectivity index (χ3v) is 6.28. The molecule has 190 valence electrons. The fraction of sp³-hybridized carbons (Fsp3) is 0.308. The Morgan fingerprint density at radius 3 is 2.39 bits per heavy atom. The van der Waals surface area contributed by atoms with E-state index >= 15 is 0 Å². The third kappa shape index (κ3) is 6.27. The van der Waals surface area contributed by atoms with Crippen LogP contribution in [0.3, 0.4) is 0 Å². The molecule has 1 aromatic heterocycles. The Morgan fingerprint density at radius 2 is 1.86 bits per heavy atom. The molecular weight excluding hydrogens is 485 g/mol. The lowest BCUT2D eigenvalue weighted by Crippen LogP contribution is -2.31. The van der Waals surface area contributed by atoms with Crippen LogP contribution in [0.2, 0.25) is 0 Å². The third-order valence-electron chi connectivity index (χ3n) is 5.15. The van der Waals surface area contributed by atoms with E-state index in [1.54, 1.807) is 32.9 Å². The zero-order valence-corrected chi connectivity index (χ0v) is 21.8. The van der Waals surface area contributed by atoms with E-state index in [0.29, 0.717) is 28.7 Å². The first-order chi connectivity index (χ1) is 16.8. The van der Waals surface area contributed by atoms with Gasteiger partial charge in [-0.1, -0.05) is 42.5 Å². The highest BCUT2D eigenvalue weighted by atomic mass is 32.2. The van der Waals surface area contributed by atoms with Gasteiger partial charge in [-0.05, 0) is 57.2 Å². The summed E-state index contributed by atoms with van der Waals surface area (Å²) in [5.41, 5.74) is 3.14. The molecule has 2 aromatic carbocycles. The van der Waals surface area contributed by atoms with Gasteiger partial charge in [0.25, 0.3) is 0 Å². The normalized spacial score (nSPS) is 12.4. The van der Waals surface area contributed by atoms with Crippen LogP contribution in [0.15, 0.2) is 75.1 Å². The first-order valence-corrected chi connectivity index (χ1v) is 13.0. The van der Waals surface area contributed by atoms with E-state index in [-0.39, 0.29) is 16.6 Å². The molecule has 0 aliphatic carbocycles. The molecule has 0 bridgehead atoms. The molecule has 3 rings (SSSR count). The first-order valence-electron chi connectivity index (χ1n) is 11.1. The van der Waals surface area contributed by atoms with E-state index in [4.69, 9.17) is 14.1 Å². The van der Waals surface area contributed by atoms with E-state index in [1.165, 1.54) is 12.1 Å². The van der Waals surface area contributed by atoms with E-state index in [1.807, 2.05) is 26.0 Å². The van der Waals surface area contributed by atoms with Crippen molar-refractivity contribution >= 4 is 15.5 Å². The fourth-order valence-electron chi connectivity index (χ4n) is 3.15. The summed E-state index contributed by atoms with van der Waals surface area (Å²) < 4.78 is 48.8. The lowest BCUT2D eigenvalue weighted by atomic mass is 10.1. The number of aromatic nitrogens is 2. The predicted octanol–water partition coefficient (Wildman–Crippen LogP) is 5.67. The van der Waals surface area contributed by atoms with E-state index < -0.39 is 21.3 Å². The molecule has 0 atom stereocenters. The summed E-state index contributed by atoms with van der Waals surface area (Å²) in [6.07, 6.45) is 0.944. The summed E-state index contributed by atoms with van der Waals surface area (Å²) >= 11 is 0. The van der Waals surface area contributed by atoms with Crippen molar-refractivity contribution in [3.63, 3.8) is 0 Å². The second-order valence-electron chi connectivity index (χ2n) is 8.94. The monoisotopic (exact) mass is 513 g/mol. The lowest BCUT2D eigenvalue weighted by molar-refractivity contribution is 0.0621. The largest absolute Gasteiger partial charge is 0.479 e. The smallest absolute Gasteiger partial charge is 0.229 e. The quantitative estimate of drug-likeness (QED) is 0.157. The van der Waals surface area contributed by atoms with Gasteiger partial charge in [-0.2, -0.15) is 4.98 Å². The van der Waals surface area contributed by atoms with Crippen LogP contribution in [0.25, 0.3) is 11.4 Å². The highest BCUT2D eigenvalue weighted by Gasteiger charge is 2.29. The Balaban J connectivity index is 1.72. The minimum atomic E-state index is -3.67. The van der Waals surface area contributed by atoms with Gasteiger partial charge in [-0.15, -0.1) is 0 Å². The zero-order valence-electron chi connectivity index (χ0n) is 21.0. The molecule has 10 heteroatoms. The zero-order chi connectivity index (χ0) is 26.7. The molecule has 0 fully saturated rings.